The first-order valence-corrected chi connectivity index (χ1v) is 8.92. The fourth-order valence-electron chi connectivity index (χ4n) is 2.69. The van der Waals surface area contributed by atoms with Gasteiger partial charge < -0.3 is 16.2 Å². The van der Waals surface area contributed by atoms with E-state index in [9.17, 15) is 9.90 Å². The molecule has 0 amide bonds. The molecule has 0 saturated carbocycles. The molecule has 1 aromatic carbocycles. The number of aromatic nitrogens is 2. The van der Waals surface area contributed by atoms with Gasteiger partial charge in [-0.25, -0.2) is 14.8 Å². The van der Waals surface area contributed by atoms with E-state index in [0.29, 0.717) is 10.5 Å². The standard InChI is InChI=1S/C18H20N4O2S/c1-3-6-20-9-11-5-4-10(2)12(7-11)15-13-8-14(17(23)24)25-16(13)22-18(19)21-15/h4-5,7-8,20H,3,6,9H2,1-2H3,(H,23,24)(H2,19,21,22). The first kappa shape index (κ1) is 17.3. The maximum atomic E-state index is 11.3. The summed E-state index contributed by atoms with van der Waals surface area (Å²) in [6.07, 6.45) is 1.08. The van der Waals surface area contributed by atoms with Crippen molar-refractivity contribution in [3.63, 3.8) is 0 Å². The van der Waals surface area contributed by atoms with Crippen LogP contribution in [0.5, 0.6) is 0 Å². The number of anilines is 1. The van der Waals surface area contributed by atoms with Crippen molar-refractivity contribution in [1.29, 1.82) is 0 Å². The fourth-order valence-corrected chi connectivity index (χ4v) is 3.57. The number of fused-ring (bicyclic) bond motifs is 1. The van der Waals surface area contributed by atoms with Crippen LogP contribution in [-0.2, 0) is 6.54 Å². The molecule has 0 aliphatic rings. The summed E-state index contributed by atoms with van der Waals surface area (Å²) >= 11 is 1.11. The predicted octanol–water partition coefficient (Wildman–Crippen LogP) is 3.45. The summed E-state index contributed by atoms with van der Waals surface area (Å²) in [4.78, 5) is 20.7. The first-order valence-electron chi connectivity index (χ1n) is 8.10. The zero-order valence-corrected chi connectivity index (χ0v) is 15.0. The van der Waals surface area contributed by atoms with E-state index < -0.39 is 5.97 Å². The molecule has 0 bridgehead atoms. The van der Waals surface area contributed by atoms with E-state index in [1.807, 2.05) is 13.0 Å². The van der Waals surface area contributed by atoms with Gasteiger partial charge in [-0.05, 0) is 43.1 Å². The second kappa shape index (κ2) is 7.16. The SMILES string of the molecule is CCCNCc1ccc(C)c(-c2nc(N)nc3sc(C(=O)O)cc23)c1. The summed E-state index contributed by atoms with van der Waals surface area (Å²) in [5, 5.41) is 13.4. The summed E-state index contributed by atoms with van der Waals surface area (Å²) in [5.74, 6) is -0.822. The van der Waals surface area contributed by atoms with Crippen LogP contribution in [0.4, 0.5) is 5.95 Å². The number of benzene rings is 1. The lowest BCUT2D eigenvalue weighted by molar-refractivity contribution is 0.0702. The molecular formula is C18H20N4O2S. The third-order valence-electron chi connectivity index (χ3n) is 3.93. The number of nitrogen functional groups attached to an aromatic ring is 1. The molecule has 6 nitrogen and oxygen atoms in total. The number of carboxylic acid groups (broad SMARTS) is 1. The van der Waals surface area contributed by atoms with Gasteiger partial charge >= 0.3 is 5.97 Å². The second-order valence-electron chi connectivity index (χ2n) is 5.89. The van der Waals surface area contributed by atoms with E-state index in [0.717, 1.165) is 52.9 Å². The minimum Gasteiger partial charge on any atom is -0.477 e. The summed E-state index contributed by atoms with van der Waals surface area (Å²) < 4.78 is 0. The van der Waals surface area contributed by atoms with Crippen LogP contribution in [-0.4, -0.2) is 27.6 Å². The Morgan fingerprint density at radius 1 is 1.32 bits per heavy atom. The number of aryl methyl sites for hydroxylation is 1. The van der Waals surface area contributed by atoms with E-state index in [1.54, 1.807) is 6.07 Å². The van der Waals surface area contributed by atoms with Gasteiger partial charge in [0, 0.05) is 17.5 Å². The molecule has 25 heavy (non-hydrogen) atoms. The zero-order chi connectivity index (χ0) is 18.0. The van der Waals surface area contributed by atoms with Gasteiger partial charge in [-0.3, -0.25) is 0 Å². The highest BCUT2D eigenvalue weighted by atomic mass is 32.1. The number of aromatic carboxylic acids is 1. The van der Waals surface area contributed by atoms with Crippen LogP contribution in [0.25, 0.3) is 21.5 Å². The van der Waals surface area contributed by atoms with Crippen molar-refractivity contribution in [1.82, 2.24) is 15.3 Å². The lowest BCUT2D eigenvalue weighted by Gasteiger charge is -2.11. The van der Waals surface area contributed by atoms with E-state index in [4.69, 9.17) is 5.73 Å². The lowest BCUT2D eigenvalue weighted by atomic mass is 10.00. The van der Waals surface area contributed by atoms with Gasteiger partial charge in [0.1, 0.15) is 9.71 Å². The van der Waals surface area contributed by atoms with Gasteiger partial charge in [0.15, 0.2) is 0 Å². The van der Waals surface area contributed by atoms with Gasteiger partial charge in [0.05, 0.1) is 5.69 Å². The molecular weight excluding hydrogens is 336 g/mol. The topological polar surface area (TPSA) is 101 Å². The van der Waals surface area contributed by atoms with Crippen molar-refractivity contribution < 1.29 is 9.90 Å². The minimum atomic E-state index is -0.971. The molecule has 3 aromatic rings. The summed E-state index contributed by atoms with van der Waals surface area (Å²) in [6.45, 7) is 5.87. The van der Waals surface area contributed by atoms with Crippen LogP contribution in [0.1, 0.15) is 34.1 Å². The quantitative estimate of drug-likeness (QED) is 0.585. The molecule has 0 aliphatic heterocycles. The van der Waals surface area contributed by atoms with Gasteiger partial charge in [-0.1, -0.05) is 19.1 Å². The molecule has 4 N–H and O–H groups in total. The molecule has 0 radical (unpaired) electrons. The average Bonchev–Trinajstić information content (AvgIpc) is 3.00. The van der Waals surface area contributed by atoms with Crippen molar-refractivity contribution in [2.75, 3.05) is 12.3 Å². The Morgan fingerprint density at radius 2 is 2.12 bits per heavy atom. The monoisotopic (exact) mass is 356 g/mol. The highest BCUT2D eigenvalue weighted by Crippen LogP contribution is 2.34. The second-order valence-corrected chi connectivity index (χ2v) is 6.92. The van der Waals surface area contributed by atoms with E-state index in [-0.39, 0.29) is 10.8 Å². The van der Waals surface area contributed by atoms with Crippen LogP contribution in [0.2, 0.25) is 0 Å². The Kier molecular flexibility index (Phi) is 4.96. The molecule has 0 fully saturated rings. The van der Waals surface area contributed by atoms with Crippen molar-refractivity contribution in [2.24, 2.45) is 0 Å². The Bertz CT molecular complexity index is 936. The van der Waals surface area contributed by atoms with Crippen molar-refractivity contribution in [2.45, 2.75) is 26.8 Å². The van der Waals surface area contributed by atoms with E-state index in [2.05, 4.69) is 34.3 Å². The normalized spacial score (nSPS) is 11.1. The number of carboxylic acids is 1. The number of nitrogens with two attached hydrogens (primary N) is 1. The number of hydrogen-bond donors (Lipinski definition) is 3. The number of hydrogen-bond acceptors (Lipinski definition) is 6. The van der Waals surface area contributed by atoms with Crippen molar-refractivity contribution >= 4 is 33.5 Å². The number of thiophene rings is 1. The first-order chi connectivity index (χ1) is 12.0. The predicted molar refractivity (Wildman–Crippen MR) is 101 cm³/mol. The number of nitrogens with zero attached hydrogens (tertiary/aromatic N) is 2. The molecule has 0 spiro atoms. The minimum absolute atomic E-state index is 0.148. The average molecular weight is 356 g/mol. The molecule has 0 unspecified atom stereocenters. The highest BCUT2D eigenvalue weighted by molar-refractivity contribution is 7.20. The van der Waals surface area contributed by atoms with E-state index >= 15 is 0 Å². The van der Waals surface area contributed by atoms with Crippen molar-refractivity contribution in [3.05, 3.63) is 40.3 Å². The number of carbonyl (C=O) groups is 1. The fraction of sp³-hybridized carbons (Fsp3) is 0.278. The highest BCUT2D eigenvalue weighted by Gasteiger charge is 2.17. The third-order valence-corrected chi connectivity index (χ3v) is 4.95. The van der Waals surface area contributed by atoms with Crippen LogP contribution in [0.3, 0.4) is 0 Å². The molecule has 2 heterocycles. The molecule has 0 saturated heterocycles. The Balaban J connectivity index is 2.11. The smallest absolute Gasteiger partial charge is 0.345 e. The maximum Gasteiger partial charge on any atom is 0.345 e. The Hall–Kier alpha value is -2.51. The molecule has 0 atom stereocenters. The molecule has 2 aromatic heterocycles. The van der Waals surface area contributed by atoms with Gasteiger partial charge in [0.2, 0.25) is 5.95 Å². The zero-order valence-electron chi connectivity index (χ0n) is 14.2. The van der Waals surface area contributed by atoms with E-state index in [1.165, 1.54) is 0 Å². The van der Waals surface area contributed by atoms with Gasteiger partial charge in [0.25, 0.3) is 0 Å². The Labute approximate surface area is 149 Å². The van der Waals surface area contributed by atoms with Gasteiger partial charge in [-0.2, -0.15) is 0 Å². The van der Waals surface area contributed by atoms with Crippen LogP contribution in [0.15, 0.2) is 24.3 Å². The largest absolute Gasteiger partial charge is 0.477 e. The molecule has 3 rings (SSSR count). The molecule has 0 aliphatic carbocycles. The number of rotatable bonds is 6. The Morgan fingerprint density at radius 3 is 2.84 bits per heavy atom. The summed E-state index contributed by atoms with van der Waals surface area (Å²) in [5.41, 5.74) is 9.69. The maximum absolute atomic E-state index is 11.3. The van der Waals surface area contributed by atoms with Crippen LogP contribution >= 0.6 is 11.3 Å². The summed E-state index contributed by atoms with van der Waals surface area (Å²) in [6, 6.07) is 7.84. The van der Waals surface area contributed by atoms with Gasteiger partial charge in [-0.15, -0.1) is 11.3 Å². The van der Waals surface area contributed by atoms with Crippen molar-refractivity contribution in [3.8, 4) is 11.3 Å². The lowest BCUT2D eigenvalue weighted by Crippen LogP contribution is -2.13. The summed E-state index contributed by atoms with van der Waals surface area (Å²) in [7, 11) is 0. The molecule has 130 valence electrons. The molecule has 7 heteroatoms. The third kappa shape index (κ3) is 3.62. The number of nitrogens with one attached hydrogen (secondary N) is 1. The van der Waals surface area contributed by atoms with Crippen LogP contribution in [0, 0.1) is 6.92 Å². The van der Waals surface area contributed by atoms with Crippen LogP contribution < -0.4 is 11.1 Å².